The first-order valence-electron chi connectivity index (χ1n) is 12.7. The molecule has 0 aliphatic heterocycles. The molecule has 10 heteroatoms. The quantitative estimate of drug-likeness (QED) is 0.412. The van der Waals surface area contributed by atoms with E-state index in [9.17, 15) is 18.5 Å². The van der Waals surface area contributed by atoms with Gasteiger partial charge in [0.2, 0.25) is 5.09 Å². The fourth-order valence-electron chi connectivity index (χ4n) is 6.11. The van der Waals surface area contributed by atoms with Crippen LogP contribution in [0, 0.1) is 22.9 Å². The Balaban J connectivity index is 1.29. The van der Waals surface area contributed by atoms with Crippen LogP contribution in [0.3, 0.4) is 0 Å². The molecule has 196 valence electrons. The summed E-state index contributed by atoms with van der Waals surface area (Å²) in [6.45, 7) is 3.17. The molecule has 8 nitrogen and oxygen atoms in total. The molecular formula is C26H35FN4O4S. The van der Waals surface area contributed by atoms with E-state index >= 15 is 0 Å². The number of aryl methyl sites for hydroxylation is 1. The lowest BCUT2D eigenvalue weighted by Crippen LogP contribution is -2.43. The summed E-state index contributed by atoms with van der Waals surface area (Å²) in [5, 5.41) is 12.5. The second-order valence-electron chi connectivity index (χ2n) is 10.8. The van der Waals surface area contributed by atoms with Crippen LogP contribution in [-0.2, 0) is 42.1 Å². The number of benzene rings is 1. The molecule has 2 amide bonds. The molecular weight excluding hydrogens is 483 g/mol. The molecule has 0 saturated heterocycles. The maximum Gasteiger partial charge on any atom is 0.332 e. The molecule has 1 atom stereocenters. The van der Waals surface area contributed by atoms with Crippen molar-refractivity contribution >= 4 is 21.6 Å². The van der Waals surface area contributed by atoms with Crippen LogP contribution in [0.1, 0.15) is 65.7 Å². The van der Waals surface area contributed by atoms with Crippen molar-refractivity contribution in [1.82, 2.24) is 9.62 Å². The molecule has 1 heterocycles. The van der Waals surface area contributed by atoms with Crippen molar-refractivity contribution in [3.8, 4) is 0 Å². The average Bonchev–Trinajstić information content (AvgIpc) is 3.54. The summed E-state index contributed by atoms with van der Waals surface area (Å²) in [7, 11) is -1.78. The van der Waals surface area contributed by atoms with Gasteiger partial charge in [-0.25, -0.2) is 22.9 Å². The van der Waals surface area contributed by atoms with E-state index in [1.807, 2.05) is 7.05 Å². The van der Waals surface area contributed by atoms with E-state index in [0.717, 1.165) is 55.3 Å². The van der Waals surface area contributed by atoms with Gasteiger partial charge in [-0.05, 0) is 87.6 Å². The Labute approximate surface area is 211 Å². The SMILES string of the molecule is Cc1oc(S(=N)(=O)NC(=O)Nc2c3c(c(F)c4c2CCC4)CCC3)cc1CN(C)CC1(CO)CCC1. The van der Waals surface area contributed by atoms with Crippen molar-refractivity contribution in [2.45, 2.75) is 76.3 Å². The number of aliphatic hydroxyl groups is 1. The predicted molar refractivity (Wildman–Crippen MR) is 135 cm³/mol. The van der Waals surface area contributed by atoms with E-state index in [-0.39, 0.29) is 22.9 Å². The lowest BCUT2D eigenvalue weighted by Gasteiger charge is -2.43. The van der Waals surface area contributed by atoms with Crippen LogP contribution in [0.4, 0.5) is 14.9 Å². The third-order valence-corrected chi connectivity index (χ3v) is 9.36. The molecule has 4 N–H and O–H groups in total. The standard InChI is InChI=1S/C26H35FN4O4S/c1-16-17(13-31(2)14-26(15-32)10-5-11-26)12-22(35-16)36(28,34)30-25(33)29-24-20-8-3-6-18(20)23(27)19-7-4-9-21(19)24/h12,32H,3-11,13-15H2,1-2H3,(H3,28,29,30,33,34). The van der Waals surface area contributed by atoms with Crippen LogP contribution in [-0.4, -0.2) is 40.4 Å². The monoisotopic (exact) mass is 518 g/mol. The fraction of sp³-hybridized carbons (Fsp3) is 0.577. The van der Waals surface area contributed by atoms with Crippen molar-refractivity contribution < 1.29 is 22.9 Å². The van der Waals surface area contributed by atoms with Crippen molar-refractivity contribution in [3.63, 3.8) is 0 Å². The number of carbonyl (C=O) groups is 1. The Hall–Kier alpha value is -2.43. The zero-order valence-corrected chi connectivity index (χ0v) is 21.8. The van der Waals surface area contributed by atoms with E-state index in [2.05, 4.69) is 14.9 Å². The van der Waals surface area contributed by atoms with Crippen molar-refractivity contribution in [2.75, 3.05) is 25.5 Å². The summed E-state index contributed by atoms with van der Waals surface area (Å²) in [6, 6.07) is 0.814. The number of hydrogen-bond acceptors (Lipinski definition) is 6. The Morgan fingerprint density at radius 1 is 1.17 bits per heavy atom. The second kappa shape index (κ2) is 9.46. The molecule has 1 saturated carbocycles. The normalized spacial score (nSPS) is 19.5. The number of nitrogens with one attached hydrogen (secondary N) is 3. The topological polar surface area (TPSA) is 119 Å². The molecule has 3 aliphatic carbocycles. The molecule has 0 bridgehead atoms. The fourth-order valence-corrected chi connectivity index (χ4v) is 7.07. The van der Waals surface area contributed by atoms with Crippen LogP contribution in [0.5, 0.6) is 0 Å². The number of carbonyl (C=O) groups excluding carboxylic acids is 1. The first kappa shape index (κ1) is 25.2. The number of furan rings is 1. The highest BCUT2D eigenvalue weighted by Gasteiger charge is 2.37. The number of halogens is 1. The van der Waals surface area contributed by atoms with Gasteiger partial charge < -0.3 is 19.7 Å². The van der Waals surface area contributed by atoms with Gasteiger partial charge in [0.15, 0.2) is 9.92 Å². The number of anilines is 1. The van der Waals surface area contributed by atoms with Gasteiger partial charge in [0, 0.05) is 42.4 Å². The van der Waals surface area contributed by atoms with E-state index in [1.165, 1.54) is 0 Å². The average molecular weight is 519 g/mol. The number of nitrogens with zero attached hydrogens (tertiary/aromatic N) is 1. The van der Waals surface area contributed by atoms with E-state index in [4.69, 9.17) is 9.20 Å². The first-order chi connectivity index (χ1) is 17.1. The molecule has 0 radical (unpaired) electrons. The minimum atomic E-state index is -3.75. The van der Waals surface area contributed by atoms with Crippen molar-refractivity contribution in [3.05, 3.63) is 45.5 Å². The molecule has 3 aliphatic rings. The third-order valence-electron chi connectivity index (χ3n) is 8.12. The second-order valence-corrected chi connectivity index (χ2v) is 12.5. The summed E-state index contributed by atoms with van der Waals surface area (Å²) in [5.41, 5.74) is 4.36. The highest BCUT2D eigenvalue weighted by molar-refractivity contribution is 7.91. The predicted octanol–water partition coefficient (Wildman–Crippen LogP) is 4.44. The Kier molecular flexibility index (Phi) is 6.63. The molecule has 1 aromatic carbocycles. The molecule has 1 fully saturated rings. The van der Waals surface area contributed by atoms with Crippen LogP contribution in [0.15, 0.2) is 15.6 Å². The lowest BCUT2D eigenvalue weighted by molar-refractivity contribution is 0.0126. The zero-order chi connectivity index (χ0) is 25.7. The minimum absolute atomic E-state index is 0.0570. The number of amides is 2. The minimum Gasteiger partial charge on any atom is -0.449 e. The first-order valence-corrected chi connectivity index (χ1v) is 14.3. The highest BCUT2D eigenvalue weighted by atomic mass is 32.2. The molecule has 1 unspecified atom stereocenters. The Morgan fingerprint density at radius 3 is 2.33 bits per heavy atom. The lowest BCUT2D eigenvalue weighted by atomic mass is 9.69. The van der Waals surface area contributed by atoms with Crippen molar-refractivity contribution in [1.29, 1.82) is 4.78 Å². The largest absolute Gasteiger partial charge is 0.449 e. The van der Waals surface area contributed by atoms with Gasteiger partial charge in [-0.2, -0.15) is 0 Å². The smallest absolute Gasteiger partial charge is 0.332 e. The summed E-state index contributed by atoms with van der Waals surface area (Å²) >= 11 is 0. The summed E-state index contributed by atoms with van der Waals surface area (Å²) < 4.78 is 44.4. The molecule has 1 aromatic heterocycles. The van der Waals surface area contributed by atoms with E-state index in [1.54, 1.807) is 13.0 Å². The molecule has 5 rings (SSSR count). The maximum absolute atomic E-state index is 14.9. The Bertz CT molecular complexity index is 1260. The molecule has 2 aromatic rings. The van der Waals surface area contributed by atoms with Crippen LogP contribution in [0.25, 0.3) is 0 Å². The van der Waals surface area contributed by atoms with Crippen LogP contribution >= 0.6 is 0 Å². The van der Waals surface area contributed by atoms with E-state index < -0.39 is 15.9 Å². The van der Waals surface area contributed by atoms with Gasteiger partial charge in [-0.3, -0.25) is 0 Å². The van der Waals surface area contributed by atoms with Gasteiger partial charge >= 0.3 is 6.03 Å². The van der Waals surface area contributed by atoms with E-state index in [0.29, 0.717) is 54.8 Å². The zero-order valence-electron chi connectivity index (χ0n) is 21.0. The summed E-state index contributed by atoms with van der Waals surface area (Å²) in [5.74, 6) is 0.413. The van der Waals surface area contributed by atoms with Crippen LogP contribution in [0.2, 0.25) is 0 Å². The van der Waals surface area contributed by atoms with Gasteiger partial charge in [-0.1, -0.05) is 6.42 Å². The number of hydrogen-bond donors (Lipinski definition) is 4. The number of urea groups is 1. The number of fused-ring (bicyclic) bond motifs is 2. The van der Waals surface area contributed by atoms with Crippen molar-refractivity contribution in [2.24, 2.45) is 5.41 Å². The molecule has 0 spiro atoms. The number of aliphatic hydroxyl groups excluding tert-OH is 1. The van der Waals surface area contributed by atoms with Gasteiger partial charge in [-0.15, -0.1) is 0 Å². The van der Waals surface area contributed by atoms with Gasteiger partial charge in [0.1, 0.15) is 11.6 Å². The number of rotatable bonds is 8. The van der Waals surface area contributed by atoms with Gasteiger partial charge in [0.05, 0.1) is 0 Å². The summed E-state index contributed by atoms with van der Waals surface area (Å²) in [6.07, 6.45) is 7.50. The summed E-state index contributed by atoms with van der Waals surface area (Å²) in [4.78, 5) is 15.0. The molecule has 36 heavy (non-hydrogen) atoms. The third kappa shape index (κ3) is 4.54. The highest BCUT2D eigenvalue weighted by Crippen LogP contribution is 2.42. The maximum atomic E-state index is 14.9. The Morgan fingerprint density at radius 2 is 1.78 bits per heavy atom. The van der Waals surface area contributed by atoms with Crippen LogP contribution < -0.4 is 10.0 Å². The van der Waals surface area contributed by atoms with Gasteiger partial charge in [0.25, 0.3) is 0 Å².